The zero-order chi connectivity index (χ0) is 21.1. The summed E-state index contributed by atoms with van der Waals surface area (Å²) in [5.74, 6) is 0.666. The van der Waals surface area contributed by atoms with Crippen molar-refractivity contribution in [3.8, 4) is 6.07 Å². The number of nitrogens with zero attached hydrogens (tertiary/aromatic N) is 2. The zero-order valence-electron chi connectivity index (χ0n) is 17.5. The van der Waals surface area contributed by atoms with Gasteiger partial charge in [-0.15, -0.1) is 0 Å². The van der Waals surface area contributed by atoms with Crippen molar-refractivity contribution in [2.75, 3.05) is 13.1 Å². The van der Waals surface area contributed by atoms with Gasteiger partial charge in [-0.1, -0.05) is 93.4 Å². The molecule has 3 rings (SSSR count). The molecular weight excluding hydrogens is 488 g/mol. The minimum Gasteiger partial charge on any atom is -0.299 e. The molecule has 2 aromatic carbocycles. The summed E-state index contributed by atoms with van der Waals surface area (Å²) in [5, 5.41) is 7.32. The summed E-state index contributed by atoms with van der Waals surface area (Å²) in [6.07, 6.45) is 4.84. The molecule has 0 amide bonds. The third-order valence-electron chi connectivity index (χ3n) is 5.35. The van der Waals surface area contributed by atoms with Gasteiger partial charge in [-0.3, -0.25) is 4.90 Å². The Balaban J connectivity index is 0.000000941. The maximum Gasteiger partial charge on any atom is 0.0587 e. The van der Waals surface area contributed by atoms with Crippen LogP contribution in [-0.4, -0.2) is 27.6 Å². The number of halogens is 2. The zero-order valence-corrected chi connectivity index (χ0v) is 20.7. The fourth-order valence-electron chi connectivity index (χ4n) is 3.74. The van der Waals surface area contributed by atoms with Crippen LogP contribution in [0.15, 0.2) is 54.6 Å². The summed E-state index contributed by atoms with van der Waals surface area (Å²) in [7, 11) is 0. The van der Waals surface area contributed by atoms with Gasteiger partial charge in [0.25, 0.3) is 0 Å². The number of nitriles is 1. The fourth-order valence-corrected chi connectivity index (χ4v) is 5.25. The van der Waals surface area contributed by atoms with Crippen molar-refractivity contribution in [1.82, 2.24) is 4.90 Å². The van der Waals surface area contributed by atoms with E-state index in [-0.39, 0.29) is 0 Å². The van der Waals surface area contributed by atoms with Gasteiger partial charge in [0.1, 0.15) is 0 Å². The van der Waals surface area contributed by atoms with Crippen molar-refractivity contribution in [3.05, 3.63) is 71.3 Å². The van der Waals surface area contributed by atoms with E-state index < -0.39 is 0 Å². The Bertz CT molecular complexity index is 740. The molecule has 0 aromatic heterocycles. The SMILES string of the molecule is CC#N.CCCN(CCCc1ccc(C2CC(Br)C2Br)cc1)Cc1ccccc1. The van der Waals surface area contributed by atoms with Gasteiger partial charge in [0.05, 0.1) is 6.07 Å². The Morgan fingerprint density at radius 1 is 1.00 bits per heavy atom. The van der Waals surface area contributed by atoms with E-state index in [1.54, 1.807) is 6.07 Å². The second kappa shape index (κ2) is 13.2. The van der Waals surface area contributed by atoms with Crippen molar-refractivity contribution >= 4 is 31.9 Å². The van der Waals surface area contributed by atoms with Crippen LogP contribution in [0, 0.1) is 11.3 Å². The molecule has 2 aromatic rings. The number of hydrogen-bond acceptors (Lipinski definition) is 2. The van der Waals surface area contributed by atoms with Crippen LogP contribution < -0.4 is 0 Å². The number of rotatable bonds is 9. The van der Waals surface area contributed by atoms with Crippen LogP contribution in [0.4, 0.5) is 0 Å². The molecule has 3 atom stereocenters. The summed E-state index contributed by atoms with van der Waals surface area (Å²) in [4.78, 5) is 3.79. The highest BCUT2D eigenvalue weighted by Gasteiger charge is 2.38. The summed E-state index contributed by atoms with van der Waals surface area (Å²) in [6, 6.07) is 21.9. The highest BCUT2D eigenvalue weighted by molar-refractivity contribution is 9.12. The predicted octanol–water partition coefficient (Wildman–Crippen LogP) is 7.08. The Morgan fingerprint density at radius 2 is 1.66 bits per heavy atom. The molecule has 2 nitrogen and oxygen atoms in total. The first-order valence-electron chi connectivity index (χ1n) is 10.5. The third kappa shape index (κ3) is 7.89. The Hall–Kier alpha value is -1.15. The van der Waals surface area contributed by atoms with Gasteiger partial charge >= 0.3 is 0 Å². The van der Waals surface area contributed by atoms with E-state index in [2.05, 4.69) is 98.3 Å². The van der Waals surface area contributed by atoms with E-state index >= 15 is 0 Å². The van der Waals surface area contributed by atoms with Crippen LogP contribution in [0.1, 0.15) is 55.7 Å². The topological polar surface area (TPSA) is 27.0 Å². The lowest BCUT2D eigenvalue weighted by Gasteiger charge is -2.38. The van der Waals surface area contributed by atoms with Crippen LogP contribution in [0.25, 0.3) is 0 Å². The second-order valence-corrected chi connectivity index (χ2v) is 9.87. The highest BCUT2D eigenvalue weighted by atomic mass is 79.9. The first-order valence-corrected chi connectivity index (χ1v) is 12.4. The standard InChI is InChI=1S/C23H29Br2N.C2H3N/c1-2-14-26(17-19-7-4-3-5-8-19)15-6-9-18-10-12-20(13-11-18)21-16-22(24)23(21)25;1-2-3/h3-5,7-8,10-13,21-23H,2,6,9,14-17H2,1H3;1H3. The van der Waals surface area contributed by atoms with E-state index in [1.807, 2.05) is 0 Å². The molecule has 1 aliphatic carbocycles. The largest absolute Gasteiger partial charge is 0.299 e. The quantitative estimate of drug-likeness (QED) is 0.331. The van der Waals surface area contributed by atoms with Gasteiger partial charge in [-0.2, -0.15) is 5.26 Å². The molecular formula is C25H32Br2N2. The van der Waals surface area contributed by atoms with E-state index in [0.29, 0.717) is 15.6 Å². The number of benzene rings is 2. The molecule has 0 aliphatic heterocycles. The van der Waals surface area contributed by atoms with Gasteiger partial charge in [0.2, 0.25) is 0 Å². The molecule has 0 heterocycles. The Labute approximate surface area is 193 Å². The van der Waals surface area contributed by atoms with E-state index in [4.69, 9.17) is 5.26 Å². The maximum absolute atomic E-state index is 7.32. The van der Waals surface area contributed by atoms with Crippen molar-refractivity contribution in [3.63, 3.8) is 0 Å². The highest BCUT2D eigenvalue weighted by Crippen LogP contribution is 2.46. The van der Waals surface area contributed by atoms with Crippen LogP contribution in [-0.2, 0) is 13.0 Å². The lowest BCUT2D eigenvalue weighted by Crippen LogP contribution is -2.35. The van der Waals surface area contributed by atoms with Crippen molar-refractivity contribution in [2.24, 2.45) is 0 Å². The van der Waals surface area contributed by atoms with Gasteiger partial charge in [0, 0.05) is 23.1 Å². The molecule has 3 unspecified atom stereocenters. The molecule has 1 saturated carbocycles. The van der Waals surface area contributed by atoms with Crippen molar-refractivity contribution < 1.29 is 0 Å². The smallest absolute Gasteiger partial charge is 0.0587 e. The summed E-state index contributed by atoms with van der Waals surface area (Å²) in [5.41, 5.74) is 4.36. The van der Waals surface area contributed by atoms with Crippen LogP contribution in [0.2, 0.25) is 0 Å². The van der Waals surface area contributed by atoms with Crippen molar-refractivity contribution in [1.29, 1.82) is 5.26 Å². The number of alkyl halides is 2. The Morgan fingerprint density at radius 3 is 2.21 bits per heavy atom. The molecule has 0 N–H and O–H groups in total. The molecule has 0 bridgehead atoms. The molecule has 1 aliphatic rings. The van der Waals surface area contributed by atoms with Gasteiger partial charge < -0.3 is 0 Å². The molecule has 0 radical (unpaired) electrons. The summed E-state index contributed by atoms with van der Waals surface area (Å²) < 4.78 is 0. The normalized spacial score (nSPS) is 20.3. The molecule has 156 valence electrons. The van der Waals surface area contributed by atoms with Crippen LogP contribution >= 0.6 is 31.9 Å². The molecule has 4 heteroatoms. The Kier molecular flexibility index (Phi) is 11.0. The molecule has 29 heavy (non-hydrogen) atoms. The monoisotopic (exact) mass is 518 g/mol. The number of aryl methyl sites for hydroxylation is 1. The van der Waals surface area contributed by atoms with Crippen molar-refractivity contribution in [2.45, 2.75) is 61.6 Å². The van der Waals surface area contributed by atoms with E-state index in [1.165, 1.54) is 62.4 Å². The first kappa shape index (κ1) is 24.1. The fraction of sp³-hybridized carbons (Fsp3) is 0.480. The lowest BCUT2D eigenvalue weighted by molar-refractivity contribution is 0.262. The average Bonchev–Trinajstić information content (AvgIpc) is 2.74. The molecule has 1 fully saturated rings. The second-order valence-electron chi connectivity index (χ2n) is 7.63. The molecule has 0 spiro atoms. The van der Waals surface area contributed by atoms with Crippen LogP contribution in [0.3, 0.4) is 0 Å². The third-order valence-corrected chi connectivity index (χ3v) is 8.27. The van der Waals surface area contributed by atoms with E-state index in [9.17, 15) is 0 Å². The van der Waals surface area contributed by atoms with Crippen LogP contribution in [0.5, 0.6) is 0 Å². The number of hydrogen-bond donors (Lipinski definition) is 0. The van der Waals surface area contributed by atoms with Gasteiger partial charge in [0.15, 0.2) is 0 Å². The minimum atomic E-state index is 0.578. The summed E-state index contributed by atoms with van der Waals surface area (Å²) in [6.45, 7) is 7.11. The predicted molar refractivity (Wildman–Crippen MR) is 131 cm³/mol. The minimum absolute atomic E-state index is 0.578. The van der Waals surface area contributed by atoms with Gasteiger partial charge in [-0.05, 0) is 61.4 Å². The van der Waals surface area contributed by atoms with Gasteiger partial charge in [-0.25, -0.2) is 0 Å². The summed E-state index contributed by atoms with van der Waals surface area (Å²) >= 11 is 7.50. The first-order chi connectivity index (χ1) is 14.1. The molecule has 0 saturated heterocycles. The average molecular weight is 520 g/mol. The maximum atomic E-state index is 7.32. The lowest BCUT2D eigenvalue weighted by atomic mass is 9.79. The van der Waals surface area contributed by atoms with E-state index in [0.717, 1.165) is 6.54 Å².